The fourth-order valence-corrected chi connectivity index (χ4v) is 3.78. The molecule has 0 aliphatic heterocycles. The SMILES string of the molecule is Cc1cccn2cc(CC(=O)NC(C)CN(C)CC(C)CC(C)C)nc12. The number of hydrogen-bond acceptors (Lipinski definition) is 3. The van der Waals surface area contributed by atoms with Gasteiger partial charge in [-0.15, -0.1) is 0 Å². The number of amides is 1. The number of pyridine rings is 1. The summed E-state index contributed by atoms with van der Waals surface area (Å²) >= 11 is 0. The van der Waals surface area contributed by atoms with Crippen LogP contribution in [0.5, 0.6) is 0 Å². The zero-order valence-electron chi connectivity index (χ0n) is 17.1. The van der Waals surface area contributed by atoms with Gasteiger partial charge in [0.05, 0.1) is 12.1 Å². The summed E-state index contributed by atoms with van der Waals surface area (Å²) in [6, 6.07) is 4.15. The van der Waals surface area contributed by atoms with Gasteiger partial charge in [0, 0.05) is 31.5 Å². The van der Waals surface area contributed by atoms with Crippen LogP contribution in [0.1, 0.15) is 45.4 Å². The summed E-state index contributed by atoms with van der Waals surface area (Å²) in [6.07, 6.45) is 5.45. The van der Waals surface area contributed by atoms with Gasteiger partial charge in [0.1, 0.15) is 5.65 Å². The molecule has 5 heteroatoms. The van der Waals surface area contributed by atoms with Crippen LogP contribution >= 0.6 is 0 Å². The van der Waals surface area contributed by atoms with Crippen molar-refractivity contribution in [1.29, 1.82) is 0 Å². The standard InChI is InChI=1S/C21H34N4O/c1-15(2)10-16(3)12-24(6)13-18(5)22-20(26)11-19-14-25-9-7-8-17(4)21(25)23-19/h7-9,14-16,18H,10-13H2,1-6H3,(H,22,26). The van der Waals surface area contributed by atoms with Crippen LogP contribution in [0.3, 0.4) is 0 Å². The number of nitrogens with one attached hydrogen (secondary N) is 1. The normalized spacial score (nSPS) is 14.2. The smallest absolute Gasteiger partial charge is 0.226 e. The van der Waals surface area contributed by atoms with Gasteiger partial charge in [-0.05, 0) is 50.8 Å². The lowest BCUT2D eigenvalue weighted by Gasteiger charge is -2.25. The van der Waals surface area contributed by atoms with Crippen LogP contribution in [0.2, 0.25) is 0 Å². The number of imidazole rings is 1. The minimum absolute atomic E-state index is 0.0298. The largest absolute Gasteiger partial charge is 0.352 e. The molecular weight excluding hydrogens is 324 g/mol. The molecule has 2 aromatic rings. The lowest BCUT2D eigenvalue weighted by Crippen LogP contribution is -2.42. The van der Waals surface area contributed by atoms with Crippen molar-refractivity contribution >= 4 is 11.6 Å². The maximum atomic E-state index is 12.4. The minimum Gasteiger partial charge on any atom is -0.352 e. The van der Waals surface area contributed by atoms with Crippen LogP contribution < -0.4 is 5.32 Å². The number of rotatable bonds is 9. The molecule has 0 spiro atoms. The number of carbonyl (C=O) groups excluding carboxylic acids is 1. The summed E-state index contributed by atoms with van der Waals surface area (Å²) in [5, 5.41) is 3.10. The maximum Gasteiger partial charge on any atom is 0.226 e. The van der Waals surface area contributed by atoms with E-state index in [-0.39, 0.29) is 11.9 Å². The van der Waals surface area contributed by atoms with Gasteiger partial charge >= 0.3 is 0 Å². The topological polar surface area (TPSA) is 49.6 Å². The number of aryl methyl sites for hydroxylation is 1. The fourth-order valence-electron chi connectivity index (χ4n) is 3.78. The van der Waals surface area contributed by atoms with Crippen LogP contribution in [0, 0.1) is 18.8 Å². The Morgan fingerprint density at radius 1 is 1.27 bits per heavy atom. The first kappa shape index (κ1) is 20.4. The van der Waals surface area contributed by atoms with Crippen molar-refractivity contribution in [3.05, 3.63) is 35.8 Å². The summed E-state index contributed by atoms with van der Waals surface area (Å²) in [7, 11) is 2.13. The molecule has 26 heavy (non-hydrogen) atoms. The van der Waals surface area contributed by atoms with Gasteiger partial charge in [0.25, 0.3) is 0 Å². The molecule has 2 unspecified atom stereocenters. The lowest BCUT2D eigenvalue weighted by molar-refractivity contribution is -0.121. The molecule has 0 radical (unpaired) electrons. The zero-order valence-corrected chi connectivity index (χ0v) is 17.1. The van der Waals surface area contributed by atoms with Crippen LogP contribution in [0.25, 0.3) is 5.65 Å². The Balaban J connectivity index is 1.81. The third-order valence-corrected chi connectivity index (χ3v) is 4.56. The molecule has 1 amide bonds. The summed E-state index contributed by atoms with van der Waals surface area (Å²) in [5.74, 6) is 1.43. The van der Waals surface area contributed by atoms with Gasteiger partial charge in [-0.1, -0.05) is 26.8 Å². The van der Waals surface area contributed by atoms with Crippen LogP contribution in [-0.4, -0.2) is 46.4 Å². The van der Waals surface area contributed by atoms with Gasteiger partial charge in [0.2, 0.25) is 5.91 Å². The predicted octanol–water partition coefficient (Wildman–Crippen LogP) is 3.30. The zero-order chi connectivity index (χ0) is 19.3. The highest BCUT2D eigenvalue weighted by Crippen LogP contribution is 2.12. The number of aromatic nitrogens is 2. The number of fused-ring (bicyclic) bond motifs is 1. The van der Waals surface area contributed by atoms with Gasteiger partial charge < -0.3 is 14.6 Å². The Morgan fingerprint density at radius 3 is 2.65 bits per heavy atom. The van der Waals surface area contributed by atoms with Gasteiger partial charge in [-0.25, -0.2) is 4.98 Å². The second kappa shape index (κ2) is 9.17. The lowest BCUT2D eigenvalue weighted by atomic mass is 9.98. The van der Waals surface area contributed by atoms with Crippen LogP contribution in [0.15, 0.2) is 24.5 Å². The van der Waals surface area contributed by atoms with E-state index < -0.39 is 0 Å². The fraction of sp³-hybridized carbons (Fsp3) is 0.619. The average molecular weight is 359 g/mol. The minimum atomic E-state index is 0.0298. The molecule has 144 valence electrons. The number of nitrogens with zero attached hydrogens (tertiary/aromatic N) is 3. The van der Waals surface area contributed by atoms with E-state index in [1.54, 1.807) is 0 Å². The molecule has 0 fully saturated rings. The molecule has 0 aliphatic carbocycles. The van der Waals surface area contributed by atoms with E-state index in [0.717, 1.165) is 35.9 Å². The van der Waals surface area contributed by atoms with Crippen molar-refractivity contribution in [2.24, 2.45) is 11.8 Å². The van der Waals surface area contributed by atoms with Crippen molar-refractivity contribution in [3.8, 4) is 0 Å². The Hall–Kier alpha value is -1.88. The highest BCUT2D eigenvalue weighted by atomic mass is 16.1. The molecule has 0 saturated heterocycles. The van der Waals surface area contributed by atoms with Crippen molar-refractivity contribution in [2.75, 3.05) is 20.1 Å². The molecule has 0 aromatic carbocycles. The summed E-state index contributed by atoms with van der Waals surface area (Å²) in [6.45, 7) is 12.8. The molecule has 0 bridgehead atoms. The Bertz CT molecular complexity index is 722. The molecule has 0 saturated carbocycles. The van der Waals surface area contributed by atoms with E-state index in [9.17, 15) is 4.79 Å². The molecule has 2 aromatic heterocycles. The van der Waals surface area contributed by atoms with E-state index >= 15 is 0 Å². The first-order chi connectivity index (χ1) is 12.2. The number of hydrogen-bond donors (Lipinski definition) is 1. The predicted molar refractivity (Wildman–Crippen MR) is 107 cm³/mol. The first-order valence-electron chi connectivity index (χ1n) is 9.65. The summed E-state index contributed by atoms with van der Waals surface area (Å²) < 4.78 is 1.98. The highest BCUT2D eigenvalue weighted by Gasteiger charge is 2.14. The van der Waals surface area contributed by atoms with E-state index in [1.807, 2.05) is 35.9 Å². The van der Waals surface area contributed by atoms with Crippen LogP contribution in [-0.2, 0) is 11.2 Å². The van der Waals surface area contributed by atoms with Crippen LogP contribution in [0.4, 0.5) is 0 Å². The molecule has 2 atom stereocenters. The molecule has 0 aliphatic rings. The van der Waals surface area contributed by atoms with E-state index in [4.69, 9.17) is 0 Å². The van der Waals surface area contributed by atoms with E-state index in [0.29, 0.717) is 12.3 Å². The number of carbonyl (C=O) groups is 1. The van der Waals surface area contributed by atoms with Gasteiger partial charge in [0.15, 0.2) is 0 Å². The second-order valence-corrected chi connectivity index (χ2v) is 8.26. The average Bonchev–Trinajstić information content (AvgIpc) is 2.89. The van der Waals surface area contributed by atoms with Gasteiger partial charge in [-0.3, -0.25) is 4.79 Å². The molecular formula is C21H34N4O. The second-order valence-electron chi connectivity index (χ2n) is 8.26. The van der Waals surface area contributed by atoms with Crippen molar-refractivity contribution < 1.29 is 4.79 Å². The molecule has 2 rings (SSSR count). The van der Waals surface area contributed by atoms with Crippen molar-refractivity contribution in [2.45, 2.75) is 53.5 Å². The van der Waals surface area contributed by atoms with E-state index in [1.165, 1.54) is 6.42 Å². The first-order valence-corrected chi connectivity index (χ1v) is 9.65. The molecule has 2 heterocycles. The van der Waals surface area contributed by atoms with E-state index in [2.05, 4.69) is 49.9 Å². The third-order valence-electron chi connectivity index (χ3n) is 4.56. The quantitative estimate of drug-likeness (QED) is 0.748. The summed E-state index contributed by atoms with van der Waals surface area (Å²) in [4.78, 5) is 19.2. The summed E-state index contributed by atoms with van der Waals surface area (Å²) in [5.41, 5.74) is 2.84. The monoisotopic (exact) mass is 358 g/mol. The van der Waals surface area contributed by atoms with Crippen molar-refractivity contribution in [3.63, 3.8) is 0 Å². The molecule has 5 nitrogen and oxygen atoms in total. The maximum absolute atomic E-state index is 12.4. The number of likely N-dealkylation sites (N-methyl/N-ethyl adjacent to an activating group) is 1. The van der Waals surface area contributed by atoms with Gasteiger partial charge in [-0.2, -0.15) is 0 Å². The Labute approximate surface area is 157 Å². The highest BCUT2D eigenvalue weighted by molar-refractivity contribution is 5.78. The molecule has 1 N–H and O–H groups in total. The Morgan fingerprint density at radius 2 is 2.00 bits per heavy atom. The Kier molecular flexibility index (Phi) is 7.21. The third kappa shape index (κ3) is 6.13. The van der Waals surface area contributed by atoms with Crippen molar-refractivity contribution in [1.82, 2.24) is 19.6 Å².